The lowest BCUT2D eigenvalue weighted by molar-refractivity contribution is 0.0997. The molecule has 1 nitrogen and oxygen atoms in total. The van der Waals surface area contributed by atoms with Gasteiger partial charge in [-0.05, 0) is 28.3 Å². The molecule has 0 bridgehead atoms. The van der Waals surface area contributed by atoms with Gasteiger partial charge in [-0.15, -0.1) is 0 Å². The highest BCUT2D eigenvalue weighted by atomic mass is 79.9. The van der Waals surface area contributed by atoms with E-state index in [1.807, 2.05) is 48.5 Å². The number of carbonyl (C=O) groups is 1. The molecule has 0 saturated carbocycles. The standard InChI is InChI=1S/C17H11Br2ClO/c18-9-15(19)17(21)11-6-5-10-8-16(20)13-4-2-1-3-12(13)14(10)7-11/h1-8,15H,9H2/t15-/m0/s1. The molecule has 3 aromatic rings. The predicted octanol–water partition coefficient (Wildman–Crippen LogP) is 5.99. The zero-order chi connectivity index (χ0) is 15.0. The number of carbonyl (C=O) groups excluding carboxylic acids is 1. The maximum Gasteiger partial charge on any atom is 0.177 e. The number of fused-ring (bicyclic) bond motifs is 3. The molecule has 21 heavy (non-hydrogen) atoms. The van der Waals surface area contributed by atoms with Gasteiger partial charge in [0.1, 0.15) is 0 Å². The molecule has 0 aliphatic carbocycles. The molecular formula is C17H11Br2ClO. The largest absolute Gasteiger partial charge is 0.293 e. The fourth-order valence-electron chi connectivity index (χ4n) is 2.46. The Morgan fingerprint density at radius 1 is 1.05 bits per heavy atom. The Balaban J connectivity index is 2.28. The lowest BCUT2D eigenvalue weighted by Crippen LogP contribution is -2.15. The molecule has 0 N–H and O–H groups in total. The normalized spacial score (nSPS) is 12.7. The van der Waals surface area contributed by atoms with E-state index in [0.29, 0.717) is 10.9 Å². The van der Waals surface area contributed by atoms with E-state index < -0.39 is 0 Å². The first-order valence-electron chi connectivity index (χ1n) is 6.47. The lowest BCUT2D eigenvalue weighted by atomic mass is 9.98. The van der Waals surface area contributed by atoms with Crippen molar-refractivity contribution in [2.75, 3.05) is 5.33 Å². The maximum absolute atomic E-state index is 12.3. The number of hydrogen-bond donors (Lipinski definition) is 0. The van der Waals surface area contributed by atoms with Crippen molar-refractivity contribution in [2.24, 2.45) is 0 Å². The zero-order valence-corrected chi connectivity index (χ0v) is 14.9. The van der Waals surface area contributed by atoms with Crippen molar-refractivity contribution in [3.05, 3.63) is 59.1 Å². The molecule has 3 rings (SSSR count). The van der Waals surface area contributed by atoms with Gasteiger partial charge >= 0.3 is 0 Å². The van der Waals surface area contributed by atoms with Gasteiger partial charge in [0, 0.05) is 21.3 Å². The van der Waals surface area contributed by atoms with Gasteiger partial charge < -0.3 is 0 Å². The van der Waals surface area contributed by atoms with Gasteiger partial charge in [0.25, 0.3) is 0 Å². The van der Waals surface area contributed by atoms with E-state index in [1.54, 1.807) is 0 Å². The number of hydrogen-bond acceptors (Lipinski definition) is 1. The van der Waals surface area contributed by atoms with Crippen LogP contribution in [0.15, 0.2) is 48.5 Å². The van der Waals surface area contributed by atoms with Crippen LogP contribution in [0.2, 0.25) is 5.02 Å². The third-order valence-corrected chi connectivity index (χ3v) is 6.08. The minimum Gasteiger partial charge on any atom is -0.293 e. The van der Waals surface area contributed by atoms with Gasteiger partial charge in [0.15, 0.2) is 5.78 Å². The minimum atomic E-state index is -0.214. The van der Waals surface area contributed by atoms with Crippen LogP contribution in [-0.4, -0.2) is 15.9 Å². The van der Waals surface area contributed by atoms with Crippen LogP contribution in [0.1, 0.15) is 10.4 Å². The first-order valence-corrected chi connectivity index (χ1v) is 8.88. The van der Waals surface area contributed by atoms with Crippen molar-refractivity contribution in [2.45, 2.75) is 4.83 Å². The second-order valence-electron chi connectivity index (χ2n) is 4.83. The fourth-order valence-corrected chi connectivity index (χ4v) is 3.30. The number of halogens is 3. The molecule has 0 aromatic heterocycles. The molecule has 4 heteroatoms. The van der Waals surface area contributed by atoms with Gasteiger partial charge in [-0.25, -0.2) is 0 Å². The van der Waals surface area contributed by atoms with Gasteiger partial charge in [0.05, 0.1) is 4.83 Å². The van der Waals surface area contributed by atoms with E-state index in [2.05, 4.69) is 31.9 Å². The summed E-state index contributed by atoms with van der Waals surface area (Å²) >= 11 is 13.0. The summed E-state index contributed by atoms with van der Waals surface area (Å²) in [6.45, 7) is 0. The number of ketones is 1. The first-order chi connectivity index (χ1) is 10.1. The predicted molar refractivity (Wildman–Crippen MR) is 97.3 cm³/mol. The molecule has 0 amide bonds. The van der Waals surface area contributed by atoms with Gasteiger partial charge in [-0.1, -0.05) is 79.9 Å². The number of rotatable bonds is 3. The van der Waals surface area contributed by atoms with Gasteiger partial charge in [-0.3, -0.25) is 4.79 Å². The molecule has 0 fully saturated rings. The third-order valence-electron chi connectivity index (χ3n) is 3.51. The van der Waals surface area contributed by atoms with E-state index >= 15 is 0 Å². The Labute approximate surface area is 144 Å². The van der Waals surface area contributed by atoms with E-state index in [0.717, 1.165) is 26.6 Å². The van der Waals surface area contributed by atoms with E-state index in [1.165, 1.54) is 0 Å². The quantitative estimate of drug-likeness (QED) is 0.286. The second kappa shape index (κ2) is 6.07. The molecule has 0 aliphatic heterocycles. The lowest BCUT2D eigenvalue weighted by Gasteiger charge is -2.09. The second-order valence-corrected chi connectivity index (χ2v) is 6.99. The van der Waals surface area contributed by atoms with Crippen molar-refractivity contribution >= 4 is 70.8 Å². The molecule has 0 unspecified atom stereocenters. The van der Waals surface area contributed by atoms with Crippen LogP contribution in [0.3, 0.4) is 0 Å². The molecule has 0 spiro atoms. The van der Waals surface area contributed by atoms with Crippen molar-refractivity contribution in [3.8, 4) is 0 Å². The smallest absolute Gasteiger partial charge is 0.177 e. The Morgan fingerprint density at radius 3 is 2.48 bits per heavy atom. The van der Waals surface area contributed by atoms with Crippen LogP contribution in [0.25, 0.3) is 21.5 Å². The monoisotopic (exact) mass is 424 g/mol. The summed E-state index contributed by atoms with van der Waals surface area (Å²) in [6, 6.07) is 15.7. The van der Waals surface area contributed by atoms with Crippen LogP contribution in [0.5, 0.6) is 0 Å². The molecule has 1 atom stereocenters. The van der Waals surface area contributed by atoms with Crippen molar-refractivity contribution in [3.63, 3.8) is 0 Å². The Hall–Kier alpha value is -0.900. The summed E-state index contributed by atoms with van der Waals surface area (Å²) in [5.41, 5.74) is 0.705. The number of Topliss-reactive ketones (excluding diaryl/α,β-unsaturated/α-hetero) is 1. The molecule has 0 heterocycles. The van der Waals surface area contributed by atoms with E-state index in [4.69, 9.17) is 11.6 Å². The fraction of sp³-hybridized carbons (Fsp3) is 0.118. The highest BCUT2D eigenvalue weighted by molar-refractivity contribution is 9.12. The number of benzene rings is 3. The SMILES string of the molecule is O=C(c1ccc2cc(Cl)c3ccccc3c2c1)[C@@H](Br)CBr. The highest BCUT2D eigenvalue weighted by Crippen LogP contribution is 2.32. The Morgan fingerprint density at radius 2 is 1.76 bits per heavy atom. The molecule has 3 aromatic carbocycles. The summed E-state index contributed by atoms with van der Waals surface area (Å²) in [6.07, 6.45) is 0. The molecule has 0 aliphatic rings. The minimum absolute atomic E-state index is 0.0767. The van der Waals surface area contributed by atoms with E-state index in [-0.39, 0.29) is 10.6 Å². The van der Waals surface area contributed by atoms with Crippen LogP contribution >= 0.6 is 43.5 Å². The van der Waals surface area contributed by atoms with E-state index in [9.17, 15) is 4.79 Å². The molecule has 0 radical (unpaired) electrons. The topological polar surface area (TPSA) is 17.1 Å². The molecular weight excluding hydrogens is 415 g/mol. The van der Waals surface area contributed by atoms with Crippen LogP contribution in [0, 0.1) is 0 Å². The third kappa shape index (κ3) is 2.75. The van der Waals surface area contributed by atoms with Crippen molar-refractivity contribution in [1.82, 2.24) is 0 Å². The van der Waals surface area contributed by atoms with Crippen LogP contribution in [-0.2, 0) is 0 Å². The number of alkyl halides is 2. The average Bonchev–Trinajstić information content (AvgIpc) is 2.53. The molecule has 106 valence electrons. The Bertz CT molecular complexity index is 845. The molecule has 0 saturated heterocycles. The zero-order valence-electron chi connectivity index (χ0n) is 10.9. The summed E-state index contributed by atoms with van der Waals surface area (Å²) in [5, 5.41) is 5.49. The average molecular weight is 427 g/mol. The first kappa shape index (κ1) is 15.0. The van der Waals surface area contributed by atoms with Crippen LogP contribution in [0.4, 0.5) is 0 Å². The summed E-state index contributed by atoms with van der Waals surface area (Å²) in [4.78, 5) is 12.1. The highest BCUT2D eigenvalue weighted by Gasteiger charge is 2.16. The maximum atomic E-state index is 12.3. The van der Waals surface area contributed by atoms with Gasteiger partial charge in [0.2, 0.25) is 0 Å². The van der Waals surface area contributed by atoms with Crippen LogP contribution < -0.4 is 0 Å². The summed E-state index contributed by atoms with van der Waals surface area (Å²) in [5.74, 6) is 0.0767. The Kier molecular flexibility index (Phi) is 4.34. The summed E-state index contributed by atoms with van der Waals surface area (Å²) < 4.78 is 0. The van der Waals surface area contributed by atoms with Gasteiger partial charge in [-0.2, -0.15) is 0 Å². The summed E-state index contributed by atoms with van der Waals surface area (Å²) in [7, 11) is 0. The van der Waals surface area contributed by atoms with Crippen molar-refractivity contribution in [1.29, 1.82) is 0 Å². The van der Waals surface area contributed by atoms with Crippen molar-refractivity contribution < 1.29 is 4.79 Å².